The van der Waals surface area contributed by atoms with Gasteiger partial charge in [-0.25, -0.2) is 0 Å². The SMILES string of the molecule is Clc1cccc(OCCO/N=C/c2cccs2)c1. The lowest BCUT2D eigenvalue weighted by Crippen LogP contribution is -2.04. The molecule has 2 aromatic rings. The van der Waals surface area contributed by atoms with E-state index in [2.05, 4.69) is 5.16 Å². The molecule has 3 nitrogen and oxygen atoms in total. The third-order valence-electron chi connectivity index (χ3n) is 2.04. The van der Waals surface area contributed by atoms with Crippen molar-refractivity contribution in [3.63, 3.8) is 0 Å². The van der Waals surface area contributed by atoms with Crippen LogP contribution in [0.25, 0.3) is 0 Å². The summed E-state index contributed by atoms with van der Waals surface area (Å²) in [6.45, 7) is 0.830. The van der Waals surface area contributed by atoms with Crippen molar-refractivity contribution in [3.8, 4) is 5.75 Å². The molecule has 0 aliphatic heterocycles. The molecule has 0 spiro atoms. The summed E-state index contributed by atoms with van der Waals surface area (Å²) in [5.41, 5.74) is 0. The van der Waals surface area contributed by atoms with Crippen molar-refractivity contribution in [2.45, 2.75) is 0 Å². The zero-order chi connectivity index (χ0) is 12.6. The highest BCUT2D eigenvalue weighted by atomic mass is 35.5. The van der Waals surface area contributed by atoms with Crippen LogP contribution in [-0.2, 0) is 4.84 Å². The van der Waals surface area contributed by atoms with Gasteiger partial charge in [-0.3, -0.25) is 0 Å². The molecule has 0 N–H and O–H groups in total. The monoisotopic (exact) mass is 281 g/mol. The maximum Gasteiger partial charge on any atom is 0.151 e. The molecule has 0 aliphatic rings. The van der Waals surface area contributed by atoms with E-state index in [1.165, 1.54) is 0 Å². The fourth-order valence-electron chi connectivity index (χ4n) is 1.26. The second kappa shape index (κ2) is 7.03. The summed E-state index contributed by atoms with van der Waals surface area (Å²) in [4.78, 5) is 6.14. The Kier molecular flexibility index (Phi) is 5.05. The zero-order valence-corrected chi connectivity index (χ0v) is 11.2. The summed E-state index contributed by atoms with van der Waals surface area (Å²) in [5, 5.41) is 6.49. The van der Waals surface area contributed by atoms with Crippen LogP contribution in [0.2, 0.25) is 5.02 Å². The minimum Gasteiger partial charge on any atom is -0.490 e. The molecule has 94 valence electrons. The van der Waals surface area contributed by atoms with Crippen molar-refractivity contribution in [2.75, 3.05) is 13.2 Å². The molecule has 0 aliphatic carbocycles. The van der Waals surface area contributed by atoms with Crippen LogP contribution >= 0.6 is 22.9 Å². The fraction of sp³-hybridized carbons (Fsp3) is 0.154. The molecule has 0 amide bonds. The summed E-state index contributed by atoms with van der Waals surface area (Å²) in [6, 6.07) is 11.2. The van der Waals surface area contributed by atoms with Crippen molar-refractivity contribution in [1.82, 2.24) is 0 Å². The van der Waals surface area contributed by atoms with Crippen LogP contribution in [0.4, 0.5) is 0 Å². The average Bonchev–Trinajstić information content (AvgIpc) is 2.87. The van der Waals surface area contributed by atoms with Crippen molar-refractivity contribution in [2.24, 2.45) is 5.16 Å². The molecule has 0 radical (unpaired) electrons. The number of hydrogen-bond acceptors (Lipinski definition) is 4. The van der Waals surface area contributed by atoms with Gasteiger partial charge < -0.3 is 9.57 Å². The summed E-state index contributed by atoms with van der Waals surface area (Å²) >= 11 is 7.44. The minimum atomic E-state index is 0.397. The Morgan fingerprint density at radius 2 is 2.17 bits per heavy atom. The first-order chi connectivity index (χ1) is 8.84. The topological polar surface area (TPSA) is 30.8 Å². The summed E-state index contributed by atoms with van der Waals surface area (Å²) < 4.78 is 5.44. The maximum absolute atomic E-state index is 5.83. The van der Waals surface area contributed by atoms with E-state index in [0.717, 1.165) is 10.6 Å². The van der Waals surface area contributed by atoms with Gasteiger partial charge in [0, 0.05) is 9.90 Å². The Balaban J connectivity index is 1.64. The van der Waals surface area contributed by atoms with E-state index in [-0.39, 0.29) is 0 Å². The highest BCUT2D eigenvalue weighted by molar-refractivity contribution is 7.11. The van der Waals surface area contributed by atoms with Crippen LogP contribution in [0, 0.1) is 0 Å². The van der Waals surface area contributed by atoms with E-state index in [0.29, 0.717) is 18.2 Å². The lowest BCUT2D eigenvalue weighted by atomic mass is 10.3. The van der Waals surface area contributed by atoms with Crippen molar-refractivity contribution < 1.29 is 9.57 Å². The van der Waals surface area contributed by atoms with Crippen LogP contribution in [-0.4, -0.2) is 19.4 Å². The van der Waals surface area contributed by atoms with Gasteiger partial charge in [-0.1, -0.05) is 28.9 Å². The predicted octanol–water partition coefficient (Wildman–Crippen LogP) is 3.83. The standard InChI is InChI=1S/C13H12ClNO2S/c14-11-3-1-4-12(9-11)16-6-7-17-15-10-13-5-2-8-18-13/h1-5,8-10H,6-7H2/b15-10+. The first-order valence-electron chi connectivity index (χ1n) is 5.42. The molecule has 1 aromatic carbocycles. The largest absolute Gasteiger partial charge is 0.490 e. The van der Waals surface area contributed by atoms with Gasteiger partial charge in [-0.05, 0) is 29.6 Å². The smallest absolute Gasteiger partial charge is 0.151 e. The van der Waals surface area contributed by atoms with Gasteiger partial charge >= 0.3 is 0 Å². The lowest BCUT2D eigenvalue weighted by Gasteiger charge is -2.04. The Labute approximate surface area is 115 Å². The molecule has 2 rings (SSSR count). The number of benzene rings is 1. The van der Waals surface area contributed by atoms with Crippen LogP contribution in [0.3, 0.4) is 0 Å². The first kappa shape index (κ1) is 12.9. The maximum atomic E-state index is 5.83. The van der Waals surface area contributed by atoms with Gasteiger partial charge in [-0.15, -0.1) is 11.3 Å². The molecule has 0 fully saturated rings. The number of nitrogens with zero attached hydrogens (tertiary/aromatic N) is 1. The molecular weight excluding hydrogens is 270 g/mol. The Morgan fingerprint density at radius 1 is 1.22 bits per heavy atom. The fourth-order valence-corrected chi connectivity index (χ4v) is 2.02. The van der Waals surface area contributed by atoms with E-state index in [1.54, 1.807) is 29.7 Å². The first-order valence-corrected chi connectivity index (χ1v) is 6.67. The minimum absolute atomic E-state index is 0.397. The Morgan fingerprint density at radius 3 is 2.94 bits per heavy atom. The lowest BCUT2D eigenvalue weighted by molar-refractivity contribution is 0.108. The number of oxime groups is 1. The second-order valence-corrected chi connectivity index (χ2v) is 4.80. The van der Waals surface area contributed by atoms with Crippen LogP contribution in [0.15, 0.2) is 46.9 Å². The molecule has 0 bridgehead atoms. The van der Waals surface area contributed by atoms with Gasteiger partial charge in [0.15, 0.2) is 6.61 Å². The summed E-state index contributed by atoms with van der Waals surface area (Å²) in [6.07, 6.45) is 1.68. The molecule has 0 saturated carbocycles. The molecule has 0 atom stereocenters. The van der Waals surface area contributed by atoms with Gasteiger partial charge in [0.1, 0.15) is 12.4 Å². The molecule has 18 heavy (non-hydrogen) atoms. The van der Waals surface area contributed by atoms with E-state index in [4.69, 9.17) is 21.2 Å². The Bertz CT molecular complexity index is 499. The van der Waals surface area contributed by atoms with Crippen molar-refractivity contribution >= 4 is 29.2 Å². The van der Waals surface area contributed by atoms with Gasteiger partial charge in [0.25, 0.3) is 0 Å². The van der Waals surface area contributed by atoms with Gasteiger partial charge in [0.2, 0.25) is 0 Å². The van der Waals surface area contributed by atoms with Crippen LogP contribution < -0.4 is 4.74 Å². The van der Waals surface area contributed by atoms with Crippen LogP contribution in [0.5, 0.6) is 5.75 Å². The van der Waals surface area contributed by atoms with Gasteiger partial charge in [-0.2, -0.15) is 0 Å². The third-order valence-corrected chi connectivity index (χ3v) is 3.08. The number of ether oxygens (including phenoxy) is 1. The Hall–Kier alpha value is -1.52. The molecule has 1 heterocycles. The average molecular weight is 282 g/mol. The molecule has 5 heteroatoms. The zero-order valence-electron chi connectivity index (χ0n) is 9.58. The highest BCUT2D eigenvalue weighted by Crippen LogP contribution is 2.16. The van der Waals surface area contributed by atoms with Crippen LogP contribution in [0.1, 0.15) is 4.88 Å². The molecule has 0 saturated heterocycles. The quantitative estimate of drug-likeness (QED) is 0.458. The molecule has 0 unspecified atom stereocenters. The molecular formula is C13H12ClNO2S. The van der Waals surface area contributed by atoms with E-state index in [9.17, 15) is 0 Å². The van der Waals surface area contributed by atoms with Crippen molar-refractivity contribution in [3.05, 3.63) is 51.7 Å². The molecule has 1 aromatic heterocycles. The number of halogens is 1. The summed E-state index contributed by atoms with van der Waals surface area (Å²) in [5.74, 6) is 0.730. The highest BCUT2D eigenvalue weighted by Gasteiger charge is 1.94. The van der Waals surface area contributed by atoms with E-state index < -0.39 is 0 Å². The van der Waals surface area contributed by atoms with E-state index >= 15 is 0 Å². The third kappa shape index (κ3) is 4.39. The second-order valence-electron chi connectivity index (χ2n) is 3.39. The number of thiophene rings is 1. The van der Waals surface area contributed by atoms with Crippen molar-refractivity contribution in [1.29, 1.82) is 0 Å². The number of hydrogen-bond donors (Lipinski definition) is 0. The normalized spacial score (nSPS) is 10.7. The van der Waals surface area contributed by atoms with Gasteiger partial charge in [0.05, 0.1) is 6.21 Å². The number of rotatable bonds is 6. The summed E-state index contributed by atoms with van der Waals surface area (Å²) in [7, 11) is 0. The predicted molar refractivity (Wildman–Crippen MR) is 74.8 cm³/mol. The van der Waals surface area contributed by atoms with E-state index in [1.807, 2.05) is 29.6 Å².